The molecule has 0 aliphatic heterocycles. The van der Waals surface area contributed by atoms with Gasteiger partial charge in [0.05, 0.1) is 0 Å². The zero-order valence-corrected chi connectivity index (χ0v) is 10.2. The first-order valence-electron chi connectivity index (χ1n) is 6.13. The molecule has 0 heterocycles. The fraction of sp³-hybridized carbons (Fsp3) is 0.462. The number of hydrogen-bond donors (Lipinski definition) is 2. The van der Waals surface area contributed by atoms with Crippen LogP contribution in [0.15, 0.2) is 24.3 Å². The number of carbonyl (C=O) groups excluding carboxylic acids is 1. The molecule has 0 amide bonds. The second-order valence-electron chi connectivity index (χ2n) is 4.58. The van der Waals surface area contributed by atoms with Crippen molar-refractivity contribution in [3.63, 3.8) is 0 Å². The van der Waals surface area contributed by atoms with E-state index in [1.54, 1.807) is 24.3 Å². The van der Waals surface area contributed by atoms with Crippen LogP contribution in [-0.4, -0.2) is 18.3 Å². The third-order valence-electron chi connectivity index (χ3n) is 3.06. The van der Waals surface area contributed by atoms with Crippen LogP contribution >= 0.6 is 0 Å². The van der Waals surface area contributed by atoms with Crippen molar-refractivity contribution in [2.45, 2.75) is 37.8 Å². The lowest BCUT2D eigenvalue weighted by molar-refractivity contribution is 0.0392. The van der Waals surface area contributed by atoms with Crippen molar-refractivity contribution in [2.75, 3.05) is 5.73 Å². The zero-order valence-electron chi connectivity index (χ0n) is 10.2. The van der Waals surface area contributed by atoms with Gasteiger partial charge in [0.2, 0.25) is 0 Å². The van der Waals surface area contributed by atoms with E-state index in [0.717, 1.165) is 25.7 Å². The first kappa shape index (κ1) is 12.7. The summed E-state index contributed by atoms with van der Waals surface area (Å²) in [6.45, 7) is 0. The van der Waals surface area contributed by atoms with Crippen LogP contribution in [0.1, 0.15) is 25.7 Å². The maximum atomic E-state index is 11.5. The van der Waals surface area contributed by atoms with E-state index < -0.39 is 6.16 Å². The van der Waals surface area contributed by atoms with E-state index in [-0.39, 0.29) is 12.1 Å². The third-order valence-corrected chi connectivity index (χ3v) is 3.06. The maximum Gasteiger partial charge on any atom is 0.514 e. The van der Waals surface area contributed by atoms with Crippen LogP contribution in [0, 0.1) is 0 Å². The number of rotatable bonds is 2. The number of benzene rings is 1. The van der Waals surface area contributed by atoms with E-state index in [1.165, 1.54) is 0 Å². The van der Waals surface area contributed by atoms with Crippen molar-refractivity contribution in [3.8, 4) is 5.75 Å². The average Bonchev–Trinajstić information content (AvgIpc) is 2.35. The van der Waals surface area contributed by atoms with Gasteiger partial charge >= 0.3 is 6.16 Å². The van der Waals surface area contributed by atoms with Crippen LogP contribution in [0.3, 0.4) is 0 Å². The molecule has 2 rings (SSSR count). The highest BCUT2D eigenvalue weighted by Gasteiger charge is 2.22. The van der Waals surface area contributed by atoms with Gasteiger partial charge in [0.1, 0.15) is 11.9 Å². The summed E-state index contributed by atoms with van der Waals surface area (Å²) in [5.74, 6) is 0.432. The van der Waals surface area contributed by atoms with Gasteiger partial charge in [-0.05, 0) is 49.9 Å². The summed E-state index contributed by atoms with van der Waals surface area (Å²) < 4.78 is 10.3. The summed E-state index contributed by atoms with van der Waals surface area (Å²) in [7, 11) is 0. The topological polar surface area (TPSA) is 87.6 Å². The van der Waals surface area contributed by atoms with Gasteiger partial charge in [0.25, 0.3) is 0 Å². The van der Waals surface area contributed by atoms with E-state index in [0.29, 0.717) is 11.4 Å². The summed E-state index contributed by atoms with van der Waals surface area (Å²) in [6, 6.07) is 6.84. The molecule has 1 aliphatic carbocycles. The molecule has 0 spiro atoms. The smallest absolute Gasteiger partial charge is 0.431 e. The fourth-order valence-electron chi connectivity index (χ4n) is 2.00. The normalized spacial score (nSPS) is 23.4. The molecule has 18 heavy (non-hydrogen) atoms. The van der Waals surface area contributed by atoms with Gasteiger partial charge in [0.15, 0.2) is 0 Å². The first-order chi connectivity index (χ1) is 8.63. The molecule has 0 aromatic heterocycles. The lowest BCUT2D eigenvalue weighted by Gasteiger charge is -2.25. The molecule has 1 saturated carbocycles. The average molecular weight is 250 g/mol. The minimum atomic E-state index is -0.666. The zero-order chi connectivity index (χ0) is 13.0. The summed E-state index contributed by atoms with van der Waals surface area (Å²) >= 11 is 0. The Morgan fingerprint density at radius 2 is 1.72 bits per heavy atom. The molecule has 0 radical (unpaired) electrons. The largest absolute Gasteiger partial charge is 0.514 e. The van der Waals surface area contributed by atoms with Crippen LogP contribution in [0.25, 0.3) is 0 Å². The van der Waals surface area contributed by atoms with Crippen molar-refractivity contribution >= 4 is 11.8 Å². The van der Waals surface area contributed by atoms with E-state index in [4.69, 9.17) is 20.9 Å². The highest BCUT2D eigenvalue weighted by atomic mass is 16.7. The Labute approximate surface area is 106 Å². The number of ether oxygens (including phenoxy) is 2. The van der Waals surface area contributed by atoms with Crippen LogP contribution in [0.4, 0.5) is 10.5 Å². The lowest BCUT2D eigenvalue weighted by Crippen LogP contribution is -2.32. The van der Waals surface area contributed by atoms with Gasteiger partial charge < -0.3 is 20.9 Å². The van der Waals surface area contributed by atoms with E-state index in [9.17, 15) is 4.79 Å². The molecule has 5 heteroatoms. The van der Waals surface area contributed by atoms with Gasteiger partial charge in [-0.2, -0.15) is 0 Å². The lowest BCUT2D eigenvalue weighted by atomic mass is 9.94. The van der Waals surface area contributed by atoms with Crippen molar-refractivity contribution in [1.82, 2.24) is 0 Å². The first-order valence-corrected chi connectivity index (χ1v) is 6.13. The molecule has 0 unspecified atom stereocenters. The molecule has 1 fully saturated rings. The Morgan fingerprint density at radius 1 is 1.11 bits per heavy atom. The molecule has 98 valence electrons. The van der Waals surface area contributed by atoms with Crippen LogP contribution in [0.5, 0.6) is 5.75 Å². The van der Waals surface area contributed by atoms with Crippen LogP contribution in [-0.2, 0) is 4.74 Å². The van der Waals surface area contributed by atoms with Crippen molar-refractivity contribution in [1.29, 1.82) is 0 Å². The maximum absolute atomic E-state index is 11.5. The van der Waals surface area contributed by atoms with E-state index in [1.807, 2.05) is 0 Å². The van der Waals surface area contributed by atoms with Gasteiger partial charge in [0, 0.05) is 11.7 Å². The summed E-state index contributed by atoms with van der Waals surface area (Å²) in [5, 5.41) is 0. The fourth-order valence-corrected chi connectivity index (χ4v) is 2.00. The second kappa shape index (κ2) is 5.73. The minimum absolute atomic E-state index is 0.0777. The van der Waals surface area contributed by atoms with Crippen molar-refractivity contribution in [2.24, 2.45) is 5.73 Å². The SMILES string of the molecule is Nc1ccc(OC(=O)OC2CCC(N)CC2)cc1. The molecule has 0 saturated heterocycles. The Bertz CT molecular complexity index is 397. The van der Waals surface area contributed by atoms with Crippen LogP contribution < -0.4 is 16.2 Å². The highest BCUT2D eigenvalue weighted by molar-refractivity contribution is 5.64. The molecule has 5 nitrogen and oxygen atoms in total. The summed E-state index contributed by atoms with van der Waals surface area (Å²) in [6.07, 6.45) is 2.64. The third kappa shape index (κ3) is 3.63. The summed E-state index contributed by atoms with van der Waals surface area (Å²) in [4.78, 5) is 11.5. The van der Waals surface area contributed by atoms with Crippen molar-refractivity contribution < 1.29 is 14.3 Å². The molecule has 1 aromatic rings. The standard InChI is InChI=1S/C13H18N2O3/c14-9-1-5-11(6-2-9)17-13(16)18-12-7-3-10(15)4-8-12/h1-2,5-6,10,12H,3-4,7-8,14-15H2. The van der Waals surface area contributed by atoms with Gasteiger partial charge in [-0.3, -0.25) is 0 Å². The number of hydrogen-bond acceptors (Lipinski definition) is 5. The number of nitrogen functional groups attached to an aromatic ring is 1. The minimum Gasteiger partial charge on any atom is -0.431 e. The molecule has 1 aromatic carbocycles. The predicted molar refractivity (Wildman–Crippen MR) is 68.2 cm³/mol. The Hall–Kier alpha value is -1.75. The molecular weight excluding hydrogens is 232 g/mol. The second-order valence-corrected chi connectivity index (χ2v) is 4.58. The van der Waals surface area contributed by atoms with Gasteiger partial charge in [-0.25, -0.2) is 4.79 Å². The van der Waals surface area contributed by atoms with Crippen LogP contribution in [0.2, 0.25) is 0 Å². The molecule has 1 aliphatic rings. The Morgan fingerprint density at radius 3 is 2.33 bits per heavy atom. The number of anilines is 1. The van der Waals surface area contributed by atoms with Gasteiger partial charge in [-0.1, -0.05) is 0 Å². The number of carbonyl (C=O) groups is 1. The monoisotopic (exact) mass is 250 g/mol. The Kier molecular flexibility index (Phi) is 4.04. The molecule has 4 N–H and O–H groups in total. The van der Waals surface area contributed by atoms with E-state index >= 15 is 0 Å². The molecule has 0 bridgehead atoms. The van der Waals surface area contributed by atoms with Gasteiger partial charge in [-0.15, -0.1) is 0 Å². The van der Waals surface area contributed by atoms with Crippen molar-refractivity contribution in [3.05, 3.63) is 24.3 Å². The quantitative estimate of drug-likeness (QED) is 0.476. The summed E-state index contributed by atoms with van der Waals surface area (Å²) in [5.41, 5.74) is 11.9. The highest BCUT2D eigenvalue weighted by Crippen LogP contribution is 2.21. The van der Waals surface area contributed by atoms with E-state index in [2.05, 4.69) is 0 Å². The number of nitrogens with two attached hydrogens (primary N) is 2. The molecule has 0 atom stereocenters. The Balaban J connectivity index is 1.80. The predicted octanol–water partition coefficient (Wildman–Crippen LogP) is 2.05. The molecular formula is C13H18N2O3.